The van der Waals surface area contributed by atoms with Crippen molar-refractivity contribution >= 4 is 5.69 Å². The summed E-state index contributed by atoms with van der Waals surface area (Å²) in [5.74, 6) is 0. The lowest BCUT2D eigenvalue weighted by Gasteiger charge is -2.29. The van der Waals surface area contributed by atoms with E-state index in [4.69, 9.17) is 4.74 Å². The third kappa shape index (κ3) is 4.13. The molecule has 1 heterocycles. The summed E-state index contributed by atoms with van der Waals surface area (Å²) in [4.78, 5) is 2.04. The highest BCUT2D eigenvalue weighted by Crippen LogP contribution is 2.33. The third-order valence-corrected chi connectivity index (χ3v) is 2.89. The Kier molecular flexibility index (Phi) is 5.66. The highest BCUT2D eigenvalue weighted by atomic mass is 19.4. The van der Waals surface area contributed by atoms with E-state index in [1.807, 2.05) is 18.7 Å². The van der Waals surface area contributed by atoms with E-state index >= 15 is 0 Å². The first-order valence-electron chi connectivity index (χ1n) is 6.49. The fourth-order valence-electron chi connectivity index (χ4n) is 1.98. The number of alkyl halides is 3. The number of morpholine rings is 1. The van der Waals surface area contributed by atoms with E-state index < -0.39 is 11.7 Å². The van der Waals surface area contributed by atoms with Crippen molar-refractivity contribution in [2.45, 2.75) is 26.9 Å². The van der Waals surface area contributed by atoms with Crippen molar-refractivity contribution in [1.82, 2.24) is 0 Å². The number of aryl methyl sites for hydroxylation is 1. The number of nitrogens with zero attached hydrogens (tertiary/aromatic N) is 1. The summed E-state index contributed by atoms with van der Waals surface area (Å²) < 4.78 is 43.0. The van der Waals surface area contributed by atoms with Gasteiger partial charge in [0.05, 0.1) is 18.8 Å². The number of halogens is 3. The maximum absolute atomic E-state index is 12.6. The molecule has 1 aliphatic rings. The van der Waals surface area contributed by atoms with Crippen LogP contribution in [0.15, 0.2) is 18.2 Å². The zero-order valence-corrected chi connectivity index (χ0v) is 11.5. The molecule has 5 heteroatoms. The molecule has 0 aromatic heterocycles. The van der Waals surface area contributed by atoms with Crippen LogP contribution in [0.1, 0.15) is 25.0 Å². The van der Waals surface area contributed by atoms with E-state index in [-0.39, 0.29) is 5.56 Å². The van der Waals surface area contributed by atoms with E-state index in [9.17, 15) is 13.2 Å². The van der Waals surface area contributed by atoms with Gasteiger partial charge in [-0.05, 0) is 30.7 Å². The molecule has 0 amide bonds. The molecule has 1 saturated heterocycles. The van der Waals surface area contributed by atoms with Gasteiger partial charge < -0.3 is 9.64 Å². The second-order valence-electron chi connectivity index (χ2n) is 4.10. The zero-order chi connectivity index (χ0) is 14.5. The summed E-state index contributed by atoms with van der Waals surface area (Å²) in [7, 11) is 0. The second kappa shape index (κ2) is 6.80. The van der Waals surface area contributed by atoms with Gasteiger partial charge in [0.2, 0.25) is 0 Å². The summed E-state index contributed by atoms with van der Waals surface area (Å²) in [5.41, 5.74) is 0.537. The summed E-state index contributed by atoms with van der Waals surface area (Å²) in [5, 5.41) is 0. The molecule has 0 spiro atoms. The van der Waals surface area contributed by atoms with E-state index in [0.29, 0.717) is 13.2 Å². The lowest BCUT2D eigenvalue weighted by atomic mass is 10.1. The van der Waals surface area contributed by atoms with Crippen molar-refractivity contribution in [3.63, 3.8) is 0 Å². The fraction of sp³-hybridized carbons (Fsp3) is 0.571. The van der Waals surface area contributed by atoms with Crippen molar-refractivity contribution in [2.75, 3.05) is 31.2 Å². The standard InChI is InChI=1S/C12H14F3NO.C2H6/c1-9-8-10(16-4-6-17-7-5-16)2-3-11(9)12(13,14)15;1-2/h2-3,8H,4-7H2,1H3;1-2H3. The Balaban J connectivity index is 0.000000861. The van der Waals surface area contributed by atoms with Gasteiger partial charge >= 0.3 is 6.18 Å². The van der Waals surface area contributed by atoms with Crippen molar-refractivity contribution < 1.29 is 17.9 Å². The minimum atomic E-state index is -4.27. The average Bonchev–Trinajstić information content (AvgIpc) is 2.40. The smallest absolute Gasteiger partial charge is 0.378 e. The molecule has 0 atom stereocenters. The Bertz CT molecular complexity index is 398. The molecule has 2 nitrogen and oxygen atoms in total. The lowest BCUT2D eigenvalue weighted by Crippen LogP contribution is -2.36. The molecule has 0 unspecified atom stereocenters. The minimum absolute atomic E-state index is 0.265. The lowest BCUT2D eigenvalue weighted by molar-refractivity contribution is -0.138. The Morgan fingerprint density at radius 3 is 2.16 bits per heavy atom. The number of ether oxygens (including phenoxy) is 1. The van der Waals surface area contributed by atoms with Crippen LogP contribution in [0.25, 0.3) is 0 Å². The maximum Gasteiger partial charge on any atom is 0.416 e. The molecule has 19 heavy (non-hydrogen) atoms. The first kappa shape index (κ1) is 15.8. The molecule has 0 saturated carbocycles. The van der Waals surface area contributed by atoms with Crippen LogP contribution in [0.3, 0.4) is 0 Å². The molecule has 1 fully saturated rings. The monoisotopic (exact) mass is 275 g/mol. The molecule has 0 bridgehead atoms. The fourth-order valence-corrected chi connectivity index (χ4v) is 1.98. The van der Waals surface area contributed by atoms with Crippen LogP contribution in [0.5, 0.6) is 0 Å². The molecular formula is C14H20F3NO. The molecular weight excluding hydrogens is 255 g/mol. The van der Waals surface area contributed by atoms with Crippen molar-refractivity contribution in [1.29, 1.82) is 0 Å². The average molecular weight is 275 g/mol. The molecule has 0 aliphatic carbocycles. The molecule has 0 N–H and O–H groups in total. The van der Waals surface area contributed by atoms with Gasteiger partial charge in [0.1, 0.15) is 0 Å². The Hall–Kier alpha value is -1.23. The molecule has 1 aromatic carbocycles. The second-order valence-corrected chi connectivity index (χ2v) is 4.10. The topological polar surface area (TPSA) is 12.5 Å². The van der Waals surface area contributed by atoms with Gasteiger partial charge in [-0.15, -0.1) is 0 Å². The van der Waals surface area contributed by atoms with Crippen LogP contribution in [-0.2, 0) is 10.9 Å². The van der Waals surface area contributed by atoms with Crippen LogP contribution < -0.4 is 4.90 Å². The SMILES string of the molecule is CC.Cc1cc(N2CCOCC2)ccc1C(F)(F)F. The van der Waals surface area contributed by atoms with Gasteiger partial charge in [0.25, 0.3) is 0 Å². The normalized spacial score (nSPS) is 15.8. The largest absolute Gasteiger partial charge is 0.416 e. The van der Waals surface area contributed by atoms with Gasteiger partial charge in [-0.25, -0.2) is 0 Å². The highest BCUT2D eigenvalue weighted by Gasteiger charge is 2.32. The van der Waals surface area contributed by atoms with Crippen LogP contribution in [-0.4, -0.2) is 26.3 Å². The molecule has 1 aliphatic heterocycles. The summed E-state index contributed by atoms with van der Waals surface area (Å²) in [6, 6.07) is 4.27. The number of rotatable bonds is 1. The van der Waals surface area contributed by atoms with Gasteiger partial charge in [-0.3, -0.25) is 0 Å². The predicted molar refractivity (Wildman–Crippen MR) is 70.6 cm³/mol. The van der Waals surface area contributed by atoms with Gasteiger partial charge in [-0.1, -0.05) is 13.8 Å². The first-order chi connectivity index (χ1) is 8.98. The Morgan fingerprint density at radius 2 is 1.68 bits per heavy atom. The van der Waals surface area contributed by atoms with Gasteiger partial charge in [-0.2, -0.15) is 13.2 Å². The number of hydrogen-bond donors (Lipinski definition) is 0. The van der Waals surface area contributed by atoms with Crippen LogP contribution in [0.4, 0.5) is 18.9 Å². The molecule has 108 valence electrons. The van der Waals surface area contributed by atoms with Crippen molar-refractivity contribution in [3.8, 4) is 0 Å². The van der Waals surface area contributed by atoms with Crippen LogP contribution in [0.2, 0.25) is 0 Å². The minimum Gasteiger partial charge on any atom is -0.378 e. The van der Waals surface area contributed by atoms with Gasteiger partial charge in [0.15, 0.2) is 0 Å². The summed E-state index contributed by atoms with van der Waals surface area (Å²) >= 11 is 0. The highest BCUT2D eigenvalue weighted by molar-refractivity contribution is 5.51. The van der Waals surface area contributed by atoms with E-state index in [0.717, 1.165) is 24.8 Å². The summed E-state index contributed by atoms with van der Waals surface area (Å²) in [6.45, 7) is 8.20. The maximum atomic E-state index is 12.6. The van der Waals surface area contributed by atoms with Gasteiger partial charge in [0, 0.05) is 18.8 Å². The first-order valence-corrected chi connectivity index (χ1v) is 6.49. The molecule has 2 rings (SSSR count). The zero-order valence-electron chi connectivity index (χ0n) is 11.5. The number of anilines is 1. The van der Waals surface area contributed by atoms with Crippen molar-refractivity contribution in [2.24, 2.45) is 0 Å². The van der Waals surface area contributed by atoms with E-state index in [2.05, 4.69) is 0 Å². The van der Waals surface area contributed by atoms with Crippen molar-refractivity contribution in [3.05, 3.63) is 29.3 Å². The third-order valence-electron chi connectivity index (χ3n) is 2.89. The van der Waals surface area contributed by atoms with Crippen LogP contribution in [0, 0.1) is 6.92 Å². The quantitative estimate of drug-likeness (QED) is 0.771. The molecule has 0 radical (unpaired) electrons. The van der Waals surface area contributed by atoms with E-state index in [1.165, 1.54) is 13.0 Å². The van der Waals surface area contributed by atoms with Crippen LogP contribution >= 0.6 is 0 Å². The number of hydrogen-bond acceptors (Lipinski definition) is 2. The molecule has 1 aromatic rings. The Labute approximate surface area is 112 Å². The Morgan fingerprint density at radius 1 is 1.11 bits per heavy atom. The van der Waals surface area contributed by atoms with E-state index in [1.54, 1.807) is 6.07 Å². The predicted octanol–water partition coefficient (Wildman–Crippen LogP) is 3.88. The number of benzene rings is 1. The summed E-state index contributed by atoms with van der Waals surface area (Å²) in [6.07, 6.45) is -4.27.